The molecule has 0 heterocycles. The average Bonchev–Trinajstić information content (AvgIpc) is 2.47. The monoisotopic (exact) mass is 325 g/mol. The van der Waals surface area contributed by atoms with Crippen molar-refractivity contribution in [1.82, 2.24) is 5.32 Å². The lowest BCUT2D eigenvalue weighted by molar-refractivity contribution is -0.127. The maximum absolute atomic E-state index is 12.4. The number of benzene rings is 1. The van der Waals surface area contributed by atoms with E-state index >= 15 is 0 Å². The first-order valence-electron chi connectivity index (χ1n) is 7.14. The summed E-state index contributed by atoms with van der Waals surface area (Å²) in [5.74, 6) is 0.545. The zero-order valence-corrected chi connectivity index (χ0v) is 14.3. The van der Waals surface area contributed by atoms with Gasteiger partial charge in [-0.25, -0.2) is 0 Å². The van der Waals surface area contributed by atoms with Crippen LogP contribution in [0.2, 0.25) is 0 Å². The van der Waals surface area contributed by atoms with Crippen LogP contribution in [0.4, 0.5) is 0 Å². The number of hydrogen-bond donors (Lipinski definition) is 2. The molecule has 0 saturated carbocycles. The summed E-state index contributed by atoms with van der Waals surface area (Å²) in [6.07, 6.45) is 4.14. The molecule has 21 heavy (non-hydrogen) atoms. The first-order chi connectivity index (χ1) is 10.1. The van der Waals surface area contributed by atoms with Crippen molar-refractivity contribution < 1.29 is 9.59 Å². The van der Waals surface area contributed by atoms with Gasteiger partial charge in [0.2, 0.25) is 11.0 Å². The lowest BCUT2D eigenvalue weighted by Crippen LogP contribution is -2.43. The van der Waals surface area contributed by atoms with Crippen molar-refractivity contribution in [3.05, 3.63) is 35.9 Å². The van der Waals surface area contributed by atoms with Crippen molar-refractivity contribution in [2.75, 3.05) is 12.0 Å². The van der Waals surface area contributed by atoms with Gasteiger partial charge in [-0.3, -0.25) is 9.59 Å². The van der Waals surface area contributed by atoms with E-state index in [1.807, 2.05) is 43.5 Å². The molecule has 1 amide bonds. The van der Waals surface area contributed by atoms with Crippen LogP contribution in [-0.2, 0) is 16.0 Å². The van der Waals surface area contributed by atoms with Crippen molar-refractivity contribution in [3.63, 3.8) is 0 Å². The van der Waals surface area contributed by atoms with Gasteiger partial charge in [-0.05, 0) is 24.7 Å². The van der Waals surface area contributed by atoms with Gasteiger partial charge in [-0.2, -0.15) is 11.8 Å². The molecule has 1 aromatic carbocycles. The Morgan fingerprint density at radius 1 is 1.29 bits per heavy atom. The van der Waals surface area contributed by atoms with Crippen molar-refractivity contribution in [2.24, 2.45) is 5.92 Å². The van der Waals surface area contributed by atoms with Gasteiger partial charge in [0.05, 0.1) is 12.0 Å². The number of nitrogens with one attached hydrogen (secondary N) is 1. The van der Waals surface area contributed by atoms with Gasteiger partial charge in [-0.15, -0.1) is 12.6 Å². The van der Waals surface area contributed by atoms with Crippen LogP contribution in [0.1, 0.15) is 25.3 Å². The van der Waals surface area contributed by atoms with Gasteiger partial charge in [0.1, 0.15) is 0 Å². The second-order valence-corrected chi connectivity index (χ2v) is 6.38. The van der Waals surface area contributed by atoms with E-state index in [0.29, 0.717) is 12.8 Å². The molecule has 0 saturated heterocycles. The number of rotatable bonds is 9. The molecule has 1 rings (SSSR count). The van der Waals surface area contributed by atoms with Crippen molar-refractivity contribution in [2.45, 2.75) is 32.2 Å². The first-order valence-corrected chi connectivity index (χ1v) is 8.98. The summed E-state index contributed by atoms with van der Waals surface area (Å²) in [5, 5.41) is 2.57. The van der Waals surface area contributed by atoms with Crippen LogP contribution >= 0.6 is 24.4 Å². The maximum Gasteiger partial charge on any atom is 0.224 e. The molecule has 0 fully saturated rings. The first kappa shape index (κ1) is 18.1. The minimum Gasteiger partial charge on any atom is -0.345 e. The van der Waals surface area contributed by atoms with E-state index in [0.717, 1.165) is 17.7 Å². The molecule has 1 N–H and O–H groups in total. The minimum atomic E-state index is -0.481. The molecule has 2 unspecified atom stereocenters. The third-order valence-corrected chi connectivity index (χ3v) is 4.30. The largest absolute Gasteiger partial charge is 0.345 e. The number of carbonyl (C=O) groups is 2. The average molecular weight is 325 g/mol. The van der Waals surface area contributed by atoms with E-state index in [2.05, 4.69) is 17.9 Å². The van der Waals surface area contributed by atoms with Crippen molar-refractivity contribution in [3.8, 4) is 0 Å². The molecule has 0 aliphatic rings. The second kappa shape index (κ2) is 9.90. The molecule has 2 atom stereocenters. The second-order valence-electron chi connectivity index (χ2n) is 5.03. The molecule has 0 radical (unpaired) electrons. The molecule has 0 aliphatic heterocycles. The van der Waals surface area contributed by atoms with Gasteiger partial charge >= 0.3 is 0 Å². The predicted octanol–water partition coefficient (Wildman–Crippen LogP) is 2.95. The zero-order chi connectivity index (χ0) is 15.7. The summed E-state index contributed by atoms with van der Waals surface area (Å²) < 4.78 is 0. The van der Waals surface area contributed by atoms with Gasteiger partial charge in [-0.1, -0.05) is 43.7 Å². The fourth-order valence-corrected chi connectivity index (χ4v) is 3.03. The molecule has 3 nitrogen and oxygen atoms in total. The van der Waals surface area contributed by atoms with E-state index in [-0.39, 0.29) is 16.9 Å². The highest BCUT2D eigenvalue weighted by Crippen LogP contribution is 2.14. The van der Waals surface area contributed by atoms with Gasteiger partial charge in [0.15, 0.2) is 0 Å². The Morgan fingerprint density at radius 2 is 1.95 bits per heavy atom. The van der Waals surface area contributed by atoms with Crippen LogP contribution < -0.4 is 5.32 Å². The summed E-state index contributed by atoms with van der Waals surface area (Å²) in [6.45, 7) is 1.99. The molecule has 0 spiro atoms. The quantitative estimate of drug-likeness (QED) is 0.686. The highest BCUT2D eigenvalue weighted by molar-refractivity contribution is 7.98. The van der Waals surface area contributed by atoms with Crippen LogP contribution in [0.3, 0.4) is 0 Å². The Labute approximate surface area is 136 Å². The van der Waals surface area contributed by atoms with E-state index in [4.69, 9.17) is 0 Å². The molecule has 116 valence electrons. The molecule has 0 aliphatic carbocycles. The van der Waals surface area contributed by atoms with Crippen LogP contribution in [0, 0.1) is 5.92 Å². The minimum absolute atomic E-state index is 0.0611. The molecule has 0 aromatic heterocycles. The Bertz CT molecular complexity index is 451. The fourth-order valence-electron chi connectivity index (χ4n) is 2.16. The van der Waals surface area contributed by atoms with Crippen LogP contribution in [0.5, 0.6) is 0 Å². The predicted molar refractivity (Wildman–Crippen MR) is 92.8 cm³/mol. The summed E-state index contributed by atoms with van der Waals surface area (Å²) >= 11 is 5.50. The van der Waals surface area contributed by atoms with E-state index in [9.17, 15) is 9.59 Å². The third kappa shape index (κ3) is 6.57. The fraction of sp³-hybridized carbons (Fsp3) is 0.500. The van der Waals surface area contributed by atoms with E-state index < -0.39 is 6.04 Å². The molecule has 0 bridgehead atoms. The Hall–Kier alpha value is -0.940. The lowest BCUT2D eigenvalue weighted by atomic mass is 9.99. The molecule has 5 heteroatoms. The summed E-state index contributed by atoms with van der Waals surface area (Å²) in [5.41, 5.74) is 1.14. The van der Waals surface area contributed by atoms with Gasteiger partial charge in [0.25, 0.3) is 0 Å². The number of thiol groups is 1. The van der Waals surface area contributed by atoms with Crippen LogP contribution in [-0.4, -0.2) is 29.1 Å². The normalized spacial score (nSPS) is 13.5. The van der Waals surface area contributed by atoms with Crippen LogP contribution in [0.25, 0.3) is 0 Å². The highest BCUT2D eigenvalue weighted by Gasteiger charge is 2.23. The van der Waals surface area contributed by atoms with Crippen molar-refractivity contribution >= 4 is 35.4 Å². The molecular formula is C16H23NO2S2. The van der Waals surface area contributed by atoms with Crippen LogP contribution in [0.15, 0.2) is 30.3 Å². The number of hydrogen-bond acceptors (Lipinski definition) is 3. The van der Waals surface area contributed by atoms with E-state index in [1.54, 1.807) is 11.8 Å². The number of thioether (sulfide) groups is 1. The summed E-state index contributed by atoms with van der Waals surface area (Å²) in [7, 11) is 0. The zero-order valence-electron chi connectivity index (χ0n) is 12.5. The Balaban J connectivity index is 2.70. The highest BCUT2D eigenvalue weighted by atomic mass is 32.2. The SMILES string of the molecule is CCCC(NC(=O)C(CSC)Cc1ccccc1)C(=O)S. The lowest BCUT2D eigenvalue weighted by Gasteiger charge is -2.20. The number of carbonyl (C=O) groups excluding carboxylic acids is 2. The van der Waals surface area contributed by atoms with Gasteiger partial charge in [0, 0.05) is 5.75 Å². The topological polar surface area (TPSA) is 46.2 Å². The van der Waals surface area contributed by atoms with E-state index in [1.165, 1.54) is 0 Å². The Morgan fingerprint density at radius 3 is 2.48 bits per heavy atom. The smallest absolute Gasteiger partial charge is 0.224 e. The maximum atomic E-state index is 12.4. The van der Waals surface area contributed by atoms with Gasteiger partial charge < -0.3 is 5.32 Å². The summed E-state index contributed by atoms with van der Waals surface area (Å²) in [6, 6.07) is 9.47. The molecule has 1 aromatic rings. The summed E-state index contributed by atoms with van der Waals surface area (Å²) in [4.78, 5) is 23.9. The Kier molecular flexibility index (Phi) is 8.54. The standard InChI is InChI=1S/C16H23NO2S2/c1-3-7-14(16(19)20)17-15(18)13(11-21-2)10-12-8-5-4-6-9-12/h4-6,8-9,13-14H,3,7,10-11H2,1-2H3,(H,17,18)(H,19,20). The van der Waals surface area contributed by atoms with Crippen molar-refractivity contribution in [1.29, 1.82) is 0 Å². The third-order valence-electron chi connectivity index (χ3n) is 3.26. The molecular weight excluding hydrogens is 302 g/mol. The number of amides is 1.